The average molecular weight is 418 g/mol. The van der Waals surface area contributed by atoms with Crippen LogP contribution in [0, 0.1) is 0 Å². The van der Waals surface area contributed by atoms with Crippen molar-refractivity contribution in [1.82, 2.24) is 0 Å². The van der Waals surface area contributed by atoms with Gasteiger partial charge in [0.25, 0.3) is 0 Å². The zero-order valence-corrected chi connectivity index (χ0v) is 15.3. The van der Waals surface area contributed by atoms with E-state index < -0.39 is 74.6 Å². The molecule has 0 unspecified atom stereocenters. The fourth-order valence-electron chi connectivity index (χ4n) is 3.18. The van der Waals surface area contributed by atoms with Crippen LogP contribution in [0.1, 0.15) is 0 Å². The van der Waals surface area contributed by atoms with Gasteiger partial charge in [-0.05, 0) is 12.1 Å². The van der Waals surface area contributed by atoms with Gasteiger partial charge in [0.15, 0.2) is 6.29 Å². The summed E-state index contributed by atoms with van der Waals surface area (Å²) < 4.78 is 21.6. The van der Waals surface area contributed by atoms with Crippen LogP contribution in [0.3, 0.4) is 0 Å². The third kappa shape index (κ3) is 4.86. The zero-order valence-electron chi connectivity index (χ0n) is 15.3. The van der Waals surface area contributed by atoms with Gasteiger partial charge in [-0.2, -0.15) is 0 Å². The molecule has 29 heavy (non-hydrogen) atoms. The maximum Gasteiger partial charge on any atom is 0.229 e. The molecule has 2 aliphatic rings. The molecule has 0 radical (unpaired) electrons. The number of hydrogen-bond donors (Lipinski definition) is 7. The molecule has 2 heterocycles. The van der Waals surface area contributed by atoms with E-state index in [1.54, 1.807) is 30.3 Å². The molecule has 7 N–H and O–H groups in total. The van der Waals surface area contributed by atoms with Crippen molar-refractivity contribution in [1.29, 1.82) is 0 Å². The monoisotopic (exact) mass is 418 g/mol. The lowest BCUT2D eigenvalue weighted by Gasteiger charge is -2.42. The minimum atomic E-state index is -1.62. The zero-order chi connectivity index (χ0) is 21.1. The number of aliphatic hydroxyl groups excluding tert-OH is 7. The lowest BCUT2D eigenvalue weighted by atomic mass is 9.98. The molecular weight excluding hydrogens is 392 g/mol. The Kier molecular flexibility index (Phi) is 7.40. The van der Waals surface area contributed by atoms with Gasteiger partial charge >= 0.3 is 0 Å². The molecule has 1 aromatic carbocycles. The molecule has 2 saturated heterocycles. The van der Waals surface area contributed by atoms with Crippen LogP contribution in [0.15, 0.2) is 30.3 Å². The van der Waals surface area contributed by atoms with Gasteiger partial charge in [0.2, 0.25) is 6.29 Å². The normalized spacial score (nSPS) is 43.1. The second-order valence-electron chi connectivity index (χ2n) is 6.98. The van der Waals surface area contributed by atoms with Crippen molar-refractivity contribution in [3.8, 4) is 5.75 Å². The van der Waals surface area contributed by atoms with E-state index >= 15 is 0 Å². The molecule has 0 aliphatic carbocycles. The molecule has 164 valence electrons. The standard InChI is InChI=1S/C18H26O11/c19-6-9-11(20)13(22)15(24)17(28-9)26-7-10-12(21)14(23)16(25)18(29-10)27-8-4-2-1-3-5-8/h1-5,9-25H,6-7H2/t9-,10-,11-,12-,13+,14+,15-,16-,17-,18-/m1/s1. The lowest BCUT2D eigenvalue weighted by molar-refractivity contribution is -0.323. The van der Waals surface area contributed by atoms with Crippen molar-refractivity contribution in [3.63, 3.8) is 0 Å². The molecule has 0 aromatic heterocycles. The van der Waals surface area contributed by atoms with E-state index in [4.69, 9.17) is 18.9 Å². The van der Waals surface area contributed by atoms with Crippen molar-refractivity contribution in [3.05, 3.63) is 30.3 Å². The fourth-order valence-corrected chi connectivity index (χ4v) is 3.18. The highest BCUT2D eigenvalue weighted by Crippen LogP contribution is 2.26. The first-order valence-electron chi connectivity index (χ1n) is 9.17. The van der Waals surface area contributed by atoms with Crippen LogP contribution in [0.5, 0.6) is 5.75 Å². The topological polar surface area (TPSA) is 179 Å². The third-order valence-corrected chi connectivity index (χ3v) is 4.94. The van der Waals surface area contributed by atoms with Gasteiger partial charge in [-0.15, -0.1) is 0 Å². The quantitative estimate of drug-likeness (QED) is 0.246. The van der Waals surface area contributed by atoms with Crippen LogP contribution in [0.4, 0.5) is 0 Å². The summed E-state index contributed by atoms with van der Waals surface area (Å²) in [7, 11) is 0. The van der Waals surface area contributed by atoms with Crippen molar-refractivity contribution in [2.45, 2.75) is 61.4 Å². The lowest BCUT2D eigenvalue weighted by Crippen LogP contribution is -2.62. The highest BCUT2D eigenvalue weighted by molar-refractivity contribution is 5.21. The molecule has 2 aliphatic heterocycles. The molecule has 1 aromatic rings. The van der Waals surface area contributed by atoms with Crippen LogP contribution >= 0.6 is 0 Å². The summed E-state index contributed by atoms with van der Waals surface area (Å²) >= 11 is 0. The Morgan fingerprint density at radius 2 is 1.24 bits per heavy atom. The Morgan fingerprint density at radius 1 is 0.690 bits per heavy atom. The molecule has 0 amide bonds. The number of benzene rings is 1. The Morgan fingerprint density at radius 3 is 1.86 bits per heavy atom. The van der Waals surface area contributed by atoms with E-state index in [1.165, 1.54) is 0 Å². The van der Waals surface area contributed by atoms with Gasteiger partial charge < -0.3 is 54.7 Å². The molecule has 11 heteroatoms. The maximum absolute atomic E-state index is 10.2. The average Bonchev–Trinajstić information content (AvgIpc) is 2.73. The summed E-state index contributed by atoms with van der Waals surface area (Å²) in [6.07, 6.45) is -14.5. The van der Waals surface area contributed by atoms with E-state index in [0.29, 0.717) is 5.75 Å². The van der Waals surface area contributed by atoms with Gasteiger partial charge in [0.05, 0.1) is 13.2 Å². The first-order chi connectivity index (χ1) is 13.8. The number of ether oxygens (including phenoxy) is 4. The number of aliphatic hydroxyl groups is 7. The molecule has 0 saturated carbocycles. The second-order valence-corrected chi connectivity index (χ2v) is 6.98. The molecular formula is C18H26O11. The van der Waals surface area contributed by atoms with E-state index in [2.05, 4.69) is 0 Å². The summed E-state index contributed by atoms with van der Waals surface area (Å²) in [5, 5.41) is 69.2. The minimum Gasteiger partial charge on any atom is -0.462 e. The van der Waals surface area contributed by atoms with Crippen LogP contribution in [0.25, 0.3) is 0 Å². The Labute approximate surface area is 166 Å². The molecule has 2 fully saturated rings. The largest absolute Gasteiger partial charge is 0.462 e. The highest BCUT2D eigenvalue weighted by Gasteiger charge is 2.47. The summed E-state index contributed by atoms with van der Waals surface area (Å²) in [5.74, 6) is 0.369. The first kappa shape index (κ1) is 22.3. The van der Waals surface area contributed by atoms with E-state index in [0.717, 1.165) is 0 Å². The van der Waals surface area contributed by atoms with Gasteiger partial charge in [-0.25, -0.2) is 0 Å². The molecule has 11 nitrogen and oxygen atoms in total. The number of para-hydroxylation sites is 1. The van der Waals surface area contributed by atoms with Crippen molar-refractivity contribution in [2.75, 3.05) is 13.2 Å². The van der Waals surface area contributed by atoms with Gasteiger partial charge in [0, 0.05) is 0 Å². The first-order valence-corrected chi connectivity index (χ1v) is 9.17. The van der Waals surface area contributed by atoms with Crippen LogP contribution in [0.2, 0.25) is 0 Å². The molecule has 10 atom stereocenters. The number of hydrogen-bond acceptors (Lipinski definition) is 11. The van der Waals surface area contributed by atoms with Gasteiger partial charge in [0.1, 0.15) is 54.6 Å². The van der Waals surface area contributed by atoms with Crippen LogP contribution in [-0.2, 0) is 14.2 Å². The predicted molar refractivity (Wildman–Crippen MR) is 93.5 cm³/mol. The smallest absolute Gasteiger partial charge is 0.229 e. The van der Waals surface area contributed by atoms with Crippen molar-refractivity contribution in [2.24, 2.45) is 0 Å². The second kappa shape index (κ2) is 9.62. The summed E-state index contributed by atoms with van der Waals surface area (Å²) in [4.78, 5) is 0. The Balaban J connectivity index is 1.63. The van der Waals surface area contributed by atoms with E-state index in [-0.39, 0.29) is 0 Å². The summed E-state index contributed by atoms with van der Waals surface area (Å²) in [5.41, 5.74) is 0. The SMILES string of the molecule is OC[C@H]1O[C@@H](OC[C@H]2O[C@@H](Oc3ccccc3)[C@H](O)[C@@H](O)[C@@H]2O)[C@H](O)[C@@H](O)[C@@H]1O. The Bertz CT molecular complexity index is 629. The fraction of sp³-hybridized carbons (Fsp3) is 0.667. The molecule has 3 rings (SSSR count). The van der Waals surface area contributed by atoms with Gasteiger partial charge in [-0.1, -0.05) is 18.2 Å². The Hall–Kier alpha value is -1.38. The summed E-state index contributed by atoms with van der Waals surface area (Å²) in [6.45, 7) is -1.03. The van der Waals surface area contributed by atoms with Crippen LogP contribution < -0.4 is 4.74 Å². The van der Waals surface area contributed by atoms with Gasteiger partial charge in [-0.3, -0.25) is 0 Å². The van der Waals surface area contributed by atoms with Crippen molar-refractivity contribution >= 4 is 0 Å². The van der Waals surface area contributed by atoms with Crippen LogP contribution in [-0.4, -0.2) is 110 Å². The van der Waals surface area contributed by atoms with Crippen molar-refractivity contribution < 1.29 is 54.7 Å². The number of rotatable bonds is 6. The third-order valence-electron chi connectivity index (χ3n) is 4.94. The predicted octanol–water partition coefficient (Wildman–Crippen LogP) is -3.31. The summed E-state index contributed by atoms with van der Waals surface area (Å²) in [6, 6.07) is 8.41. The minimum absolute atomic E-state index is 0.369. The van der Waals surface area contributed by atoms with E-state index in [1.807, 2.05) is 0 Å². The maximum atomic E-state index is 10.2. The molecule has 0 bridgehead atoms. The molecule has 0 spiro atoms. The van der Waals surface area contributed by atoms with E-state index in [9.17, 15) is 35.7 Å². The highest BCUT2D eigenvalue weighted by atomic mass is 16.7.